The van der Waals surface area contributed by atoms with Gasteiger partial charge in [0.15, 0.2) is 23.0 Å². The number of nitrogens with zero attached hydrogens (tertiary/aromatic N) is 5. The van der Waals surface area contributed by atoms with E-state index < -0.39 is 40.3 Å². The summed E-state index contributed by atoms with van der Waals surface area (Å²) in [5.41, 5.74) is -3.37. The molecule has 1 aromatic carbocycles. The van der Waals surface area contributed by atoms with Gasteiger partial charge in [-0.05, 0) is 13.0 Å². The summed E-state index contributed by atoms with van der Waals surface area (Å²) in [6.07, 6.45) is -3.84. The first-order valence-corrected chi connectivity index (χ1v) is 9.36. The number of phenols is 1. The molecular weight excluding hydrogens is 437 g/mol. The van der Waals surface area contributed by atoms with Crippen LogP contribution in [0.4, 0.5) is 27.8 Å². The van der Waals surface area contributed by atoms with Gasteiger partial charge in [-0.2, -0.15) is 23.5 Å². The molecule has 32 heavy (non-hydrogen) atoms. The Balaban J connectivity index is 1.84. The highest BCUT2D eigenvalue weighted by molar-refractivity contribution is 5.94. The topological polar surface area (TPSA) is 87.2 Å². The summed E-state index contributed by atoms with van der Waals surface area (Å²) in [7, 11) is 1.50. The number of morpholine rings is 1. The number of phenolic OH excluding ortho intramolecular Hbond substituents is 1. The standard InChI is InChI=1S/C20H16F5N5O2/c1-19(8-26)9-30(3-4-32-19)14-6-13-11(7-27-14)17(28-29(13)2)10-5-12(20(23,24)25)16(22)18(31)15(10)21/h5-7,31H,3-4,9H2,1-2H3. The SMILES string of the molecule is Cn1nc(-c2cc(C(F)(F)F)c(F)c(O)c2F)c2cnc(N3CCOC(C)(C#N)C3)cc21. The quantitative estimate of drug-likeness (QED) is 0.595. The normalized spacial score (nSPS) is 19.4. The van der Waals surface area contributed by atoms with Crippen LogP contribution in [0.5, 0.6) is 5.75 Å². The van der Waals surface area contributed by atoms with Crippen molar-refractivity contribution in [2.45, 2.75) is 18.7 Å². The Kier molecular flexibility index (Phi) is 4.97. The van der Waals surface area contributed by atoms with Crippen molar-refractivity contribution in [3.63, 3.8) is 0 Å². The van der Waals surface area contributed by atoms with Crippen LogP contribution < -0.4 is 4.90 Å². The molecular formula is C20H16F5N5O2. The average molecular weight is 453 g/mol. The zero-order valence-corrected chi connectivity index (χ0v) is 16.8. The number of fused-ring (bicyclic) bond motifs is 1. The lowest BCUT2D eigenvalue weighted by molar-refractivity contribution is -0.140. The molecule has 2 aromatic heterocycles. The number of nitriles is 1. The molecule has 4 rings (SSSR count). The number of pyridine rings is 1. The lowest BCUT2D eigenvalue weighted by atomic mass is 10.0. The summed E-state index contributed by atoms with van der Waals surface area (Å²) in [4.78, 5) is 6.11. The molecule has 0 radical (unpaired) electrons. The number of aryl methyl sites for hydroxylation is 1. The Hall–Kier alpha value is -3.46. The van der Waals surface area contributed by atoms with Gasteiger partial charge in [-0.3, -0.25) is 4.68 Å². The zero-order valence-electron chi connectivity index (χ0n) is 16.8. The van der Waals surface area contributed by atoms with Crippen LogP contribution in [0.2, 0.25) is 0 Å². The maximum atomic E-state index is 14.6. The first kappa shape index (κ1) is 21.8. The summed E-state index contributed by atoms with van der Waals surface area (Å²) in [5, 5.41) is 23.2. The molecule has 0 spiro atoms. The molecule has 1 atom stereocenters. The highest BCUT2D eigenvalue weighted by atomic mass is 19.4. The smallest absolute Gasteiger partial charge is 0.419 e. The van der Waals surface area contributed by atoms with E-state index >= 15 is 0 Å². The lowest BCUT2D eigenvalue weighted by Gasteiger charge is -2.36. The van der Waals surface area contributed by atoms with Gasteiger partial charge in [0.25, 0.3) is 0 Å². The molecule has 0 aliphatic carbocycles. The van der Waals surface area contributed by atoms with Crippen molar-refractivity contribution < 1.29 is 31.8 Å². The molecule has 168 valence electrons. The summed E-state index contributed by atoms with van der Waals surface area (Å²) >= 11 is 0. The molecule has 1 aliphatic rings. The second-order valence-electron chi connectivity index (χ2n) is 7.59. The third kappa shape index (κ3) is 3.48. The predicted octanol–water partition coefficient (Wildman–Crippen LogP) is 3.76. The molecule has 0 saturated carbocycles. The maximum absolute atomic E-state index is 14.6. The van der Waals surface area contributed by atoms with Crippen molar-refractivity contribution in [3.05, 3.63) is 35.5 Å². The second-order valence-corrected chi connectivity index (χ2v) is 7.59. The number of hydrogen-bond donors (Lipinski definition) is 1. The highest BCUT2D eigenvalue weighted by Gasteiger charge is 2.38. The summed E-state index contributed by atoms with van der Waals surface area (Å²) in [5.74, 6) is -4.91. The Morgan fingerprint density at radius 1 is 1.25 bits per heavy atom. The van der Waals surface area contributed by atoms with Gasteiger partial charge >= 0.3 is 6.18 Å². The van der Waals surface area contributed by atoms with Crippen LogP contribution in [0.15, 0.2) is 18.3 Å². The van der Waals surface area contributed by atoms with Gasteiger partial charge in [0.1, 0.15) is 11.5 Å². The minimum absolute atomic E-state index is 0.200. The predicted molar refractivity (Wildman–Crippen MR) is 103 cm³/mol. The number of halogens is 5. The molecule has 1 saturated heterocycles. The van der Waals surface area contributed by atoms with Crippen molar-refractivity contribution in [3.8, 4) is 23.1 Å². The Labute approximate surface area is 178 Å². The van der Waals surface area contributed by atoms with E-state index in [0.717, 1.165) is 0 Å². The van der Waals surface area contributed by atoms with E-state index in [2.05, 4.69) is 16.2 Å². The summed E-state index contributed by atoms with van der Waals surface area (Å²) in [6.45, 7) is 2.63. The average Bonchev–Trinajstić information content (AvgIpc) is 3.07. The first-order chi connectivity index (χ1) is 14.9. The van der Waals surface area contributed by atoms with Gasteiger partial charge in [0.05, 0.1) is 30.3 Å². The number of aromatic nitrogens is 3. The lowest BCUT2D eigenvalue weighted by Crippen LogP contribution is -2.49. The maximum Gasteiger partial charge on any atom is 0.419 e. The molecule has 3 heterocycles. The van der Waals surface area contributed by atoms with Gasteiger partial charge in [0, 0.05) is 36.8 Å². The molecule has 1 N–H and O–H groups in total. The minimum atomic E-state index is -5.15. The van der Waals surface area contributed by atoms with Crippen molar-refractivity contribution in [2.75, 3.05) is 24.6 Å². The van der Waals surface area contributed by atoms with Crippen molar-refractivity contribution in [1.29, 1.82) is 5.26 Å². The van der Waals surface area contributed by atoms with E-state index in [4.69, 9.17) is 4.74 Å². The van der Waals surface area contributed by atoms with E-state index in [-0.39, 0.29) is 23.7 Å². The van der Waals surface area contributed by atoms with Crippen LogP contribution in [0.3, 0.4) is 0 Å². The molecule has 7 nitrogen and oxygen atoms in total. The number of hydrogen-bond acceptors (Lipinski definition) is 6. The van der Waals surface area contributed by atoms with Crippen molar-refractivity contribution in [1.82, 2.24) is 14.8 Å². The number of ether oxygens (including phenoxy) is 1. The molecule has 1 aliphatic heterocycles. The van der Waals surface area contributed by atoms with Crippen LogP contribution in [0.1, 0.15) is 12.5 Å². The fourth-order valence-corrected chi connectivity index (χ4v) is 3.65. The summed E-state index contributed by atoms with van der Waals surface area (Å²) in [6, 6.07) is 3.97. The Bertz CT molecular complexity index is 1270. The number of rotatable bonds is 2. The molecule has 1 fully saturated rings. The van der Waals surface area contributed by atoms with E-state index in [1.807, 2.05) is 4.90 Å². The van der Waals surface area contributed by atoms with E-state index in [1.54, 1.807) is 13.0 Å². The molecule has 0 amide bonds. The van der Waals surface area contributed by atoms with Crippen molar-refractivity contribution in [2.24, 2.45) is 7.05 Å². The minimum Gasteiger partial charge on any atom is -0.503 e. The van der Waals surface area contributed by atoms with Crippen LogP contribution in [-0.2, 0) is 18.0 Å². The number of aromatic hydroxyl groups is 1. The fourth-order valence-electron chi connectivity index (χ4n) is 3.65. The van der Waals surface area contributed by atoms with Crippen molar-refractivity contribution >= 4 is 16.7 Å². The largest absolute Gasteiger partial charge is 0.503 e. The van der Waals surface area contributed by atoms with Gasteiger partial charge in [0.2, 0.25) is 0 Å². The highest BCUT2D eigenvalue weighted by Crippen LogP contribution is 2.41. The third-order valence-corrected chi connectivity index (χ3v) is 5.29. The van der Waals surface area contributed by atoms with Gasteiger partial charge in [-0.1, -0.05) is 0 Å². The van der Waals surface area contributed by atoms with Gasteiger partial charge < -0.3 is 14.7 Å². The number of anilines is 1. The molecule has 0 bridgehead atoms. The Morgan fingerprint density at radius 2 is 1.97 bits per heavy atom. The van der Waals surface area contributed by atoms with E-state index in [0.29, 0.717) is 24.5 Å². The fraction of sp³-hybridized carbons (Fsp3) is 0.350. The van der Waals surface area contributed by atoms with E-state index in [9.17, 15) is 32.3 Å². The molecule has 1 unspecified atom stereocenters. The number of benzene rings is 1. The first-order valence-electron chi connectivity index (χ1n) is 9.36. The third-order valence-electron chi connectivity index (χ3n) is 5.29. The van der Waals surface area contributed by atoms with Crippen LogP contribution in [-0.4, -0.2) is 45.2 Å². The molecule has 3 aromatic rings. The molecule has 12 heteroatoms. The van der Waals surface area contributed by atoms with Gasteiger partial charge in [-0.25, -0.2) is 13.8 Å². The van der Waals surface area contributed by atoms with E-state index in [1.165, 1.54) is 17.9 Å². The van der Waals surface area contributed by atoms with Crippen LogP contribution in [0, 0.1) is 23.0 Å². The van der Waals surface area contributed by atoms with Crippen LogP contribution >= 0.6 is 0 Å². The summed E-state index contributed by atoms with van der Waals surface area (Å²) < 4.78 is 74.7. The monoisotopic (exact) mass is 453 g/mol. The second kappa shape index (κ2) is 7.30. The van der Waals surface area contributed by atoms with Crippen LogP contribution in [0.25, 0.3) is 22.2 Å². The Morgan fingerprint density at radius 3 is 2.62 bits per heavy atom. The zero-order chi connectivity index (χ0) is 23.4. The van der Waals surface area contributed by atoms with Gasteiger partial charge in [-0.15, -0.1) is 0 Å². The number of alkyl halides is 3.